The van der Waals surface area contributed by atoms with Crippen molar-refractivity contribution in [2.75, 3.05) is 5.32 Å². The first-order valence-electron chi connectivity index (χ1n) is 5.99. The second-order valence-corrected chi connectivity index (χ2v) is 5.76. The predicted molar refractivity (Wildman–Crippen MR) is 85.2 cm³/mol. The van der Waals surface area contributed by atoms with Crippen LogP contribution in [-0.2, 0) is 0 Å². The first-order chi connectivity index (χ1) is 9.88. The molecule has 0 aromatic heterocycles. The summed E-state index contributed by atoms with van der Waals surface area (Å²) in [4.78, 5) is 23.4. The Hall–Kier alpha value is -1.85. The van der Waals surface area contributed by atoms with E-state index in [1.165, 1.54) is 6.07 Å². The summed E-state index contributed by atoms with van der Waals surface area (Å²) in [5.41, 5.74) is 1.34. The number of carbonyl (C=O) groups excluding carboxylic acids is 1. The lowest BCUT2D eigenvalue weighted by molar-refractivity contribution is 0.0698. The molecule has 2 aromatic rings. The van der Waals surface area contributed by atoms with Crippen LogP contribution in [-0.4, -0.2) is 17.0 Å². The first kappa shape index (κ1) is 15.5. The zero-order valence-corrected chi connectivity index (χ0v) is 13.3. The molecule has 2 N–H and O–H groups in total. The van der Waals surface area contributed by atoms with E-state index in [-0.39, 0.29) is 21.8 Å². The fourth-order valence-electron chi connectivity index (χ4n) is 1.81. The number of carboxylic acids is 1. The normalized spacial score (nSPS) is 10.2. The molecule has 0 aliphatic carbocycles. The van der Waals surface area contributed by atoms with E-state index in [2.05, 4.69) is 21.2 Å². The van der Waals surface area contributed by atoms with Crippen LogP contribution in [0.25, 0.3) is 0 Å². The van der Waals surface area contributed by atoms with E-state index in [9.17, 15) is 14.7 Å². The third-order valence-corrected chi connectivity index (χ3v) is 3.64. The van der Waals surface area contributed by atoms with Crippen LogP contribution in [0.5, 0.6) is 0 Å². The maximum atomic E-state index is 12.2. The minimum absolute atomic E-state index is 0.0385. The van der Waals surface area contributed by atoms with Crippen LogP contribution in [0.4, 0.5) is 5.69 Å². The second kappa shape index (κ2) is 6.28. The quantitative estimate of drug-likeness (QED) is 0.846. The van der Waals surface area contributed by atoms with Gasteiger partial charge in [-0.1, -0.05) is 39.2 Å². The Morgan fingerprint density at radius 3 is 2.48 bits per heavy atom. The lowest BCUT2D eigenvalue weighted by Gasteiger charge is -2.10. The molecule has 21 heavy (non-hydrogen) atoms. The minimum atomic E-state index is -1.10. The number of hydrogen-bond donors (Lipinski definition) is 2. The van der Waals surface area contributed by atoms with E-state index in [0.29, 0.717) is 0 Å². The number of aryl methyl sites for hydroxylation is 1. The summed E-state index contributed by atoms with van der Waals surface area (Å²) in [7, 11) is 0. The van der Waals surface area contributed by atoms with Crippen LogP contribution in [0, 0.1) is 6.92 Å². The lowest BCUT2D eigenvalue weighted by Crippen LogP contribution is -2.15. The molecule has 0 fully saturated rings. The highest BCUT2D eigenvalue weighted by molar-refractivity contribution is 9.10. The fourth-order valence-corrected chi connectivity index (χ4v) is 2.57. The van der Waals surface area contributed by atoms with E-state index >= 15 is 0 Å². The Labute approximate surface area is 134 Å². The summed E-state index contributed by atoms with van der Waals surface area (Å²) in [5.74, 6) is -1.56. The van der Waals surface area contributed by atoms with Crippen LogP contribution in [0.1, 0.15) is 26.3 Å². The molecule has 2 aromatic carbocycles. The van der Waals surface area contributed by atoms with E-state index in [0.717, 1.165) is 10.0 Å². The van der Waals surface area contributed by atoms with Gasteiger partial charge in [-0.25, -0.2) is 4.79 Å². The van der Waals surface area contributed by atoms with Gasteiger partial charge >= 0.3 is 5.97 Å². The van der Waals surface area contributed by atoms with Crippen LogP contribution in [0.15, 0.2) is 40.9 Å². The zero-order valence-electron chi connectivity index (χ0n) is 11.0. The van der Waals surface area contributed by atoms with Gasteiger partial charge in [-0.15, -0.1) is 0 Å². The van der Waals surface area contributed by atoms with Crippen molar-refractivity contribution in [2.45, 2.75) is 6.92 Å². The molecule has 6 heteroatoms. The predicted octanol–water partition coefficient (Wildman–Crippen LogP) is 4.36. The number of amides is 1. The SMILES string of the molecule is Cc1ccc(NC(=O)c2ccc(Br)cc2Cl)c(C(=O)O)c1. The molecule has 0 spiro atoms. The highest BCUT2D eigenvalue weighted by Gasteiger charge is 2.15. The maximum absolute atomic E-state index is 12.2. The summed E-state index contributed by atoms with van der Waals surface area (Å²) < 4.78 is 0.755. The van der Waals surface area contributed by atoms with Crippen molar-refractivity contribution in [3.63, 3.8) is 0 Å². The van der Waals surface area contributed by atoms with Crippen molar-refractivity contribution in [2.24, 2.45) is 0 Å². The van der Waals surface area contributed by atoms with E-state index in [1.54, 1.807) is 37.3 Å². The Balaban J connectivity index is 2.34. The molecule has 0 saturated heterocycles. The van der Waals surface area contributed by atoms with E-state index < -0.39 is 11.9 Å². The standard InChI is InChI=1S/C15H11BrClNO3/c1-8-2-5-13(11(6-8)15(20)21)18-14(19)10-4-3-9(16)7-12(10)17/h2-7H,1H3,(H,18,19)(H,20,21). The molecule has 108 valence electrons. The molecule has 0 heterocycles. The molecule has 0 atom stereocenters. The number of rotatable bonds is 3. The van der Waals surface area contributed by atoms with Crippen molar-refractivity contribution in [3.05, 3.63) is 62.6 Å². The largest absolute Gasteiger partial charge is 0.478 e. The number of nitrogens with one attached hydrogen (secondary N) is 1. The number of carboxylic acid groups (broad SMARTS) is 1. The van der Waals surface area contributed by atoms with Gasteiger partial charge < -0.3 is 10.4 Å². The number of halogens is 2. The monoisotopic (exact) mass is 367 g/mol. The van der Waals surface area contributed by atoms with Gasteiger partial charge in [0.1, 0.15) is 0 Å². The Morgan fingerprint density at radius 2 is 1.86 bits per heavy atom. The molecule has 0 aliphatic heterocycles. The van der Waals surface area contributed by atoms with E-state index in [1.807, 2.05) is 0 Å². The van der Waals surface area contributed by atoms with E-state index in [4.69, 9.17) is 11.6 Å². The van der Waals surface area contributed by atoms with Crippen LogP contribution >= 0.6 is 27.5 Å². The van der Waals surface area contributed by atoms with Gasteiger partial charge in [0.25, 0.3) is 5.91 Å². The van der Waals surface area contributed by atoms with Gasteiger partial charge in [-0.3, -0.25) is 4.79 Å². The summed E-state index contributed by atoms with van der Waals surface area (Å²) in [6.07, 6.45) is 0. The van der Waals surface area contributed by atoms with Crippen LogP contribution in [0.2, 0.25) is 5.02 Å². The molecule has 0 unspecified atom stereocenters. The summed E-state index contributed by atoms with van der Waals surface area (Å²) in [6.45, 7) is 1.78. The Morgan fingerprint density at radius 1 is 1.14 bits per heavy atom. The van der Waals surface area contributed by atoms with Crippen molar-refractivity contribution in [1.29, 1.82) is 0 Å². The topological polar surface area (TPSA) is 66.4 Å². The number of aromatic carboxylic acids is 1. The third kappa shape index (κ3) is 3.62. The molecule has 4 nitrogen and oxygen atoms in total. The van der Waals surface area contributed by atoms with Gasteiger partial charge in [-0.2, -0.15) is 0 Å². The lowest BCUT2D eigenvalue weighted by atomic mass is 10.1. The smallest absolute Gasteiger partial charge is 0.337 e. The summed E-state index contributed by atoms with van der Waals surface area (Å²) >= 11 is 9.27. The molecule has 0 radical (unpaired) electrons. The molecule has 2 rings (SSSR count). The van der Waals surface area contributed by atoms with Crippen molar-refractivity contribution in [3.8, 4) is 0 Å². The minimum Gasteiger partial charge on any atom is -0.478 e. The number of benzene rings is 2. The molecular weight excluding hydrogens is 358 g/mol. The van der Waals surface area contributed by atoms with Crippen molar-refractivity contribution >= 4 is 45.1 Å². The zero-order chi connectivity index (χ0) is 15.6. The highest BCUT2D eigenvalue weighted by atomic mass is 79.9. The Bertz CT molecular complexity index is 731. The molecule has 1 amide bonds. The molecule has 0 aliphatic rings. The molecule has 0 bridgehead atoms. The molecular formula is C15H11BrClNO3. The summed E-state index contributed by atoms with van der Waals surface area (Å²) in [5, 5.41) is 12.0. The average Bonchev–Trinajstić information content (AvgIpc) is 2.40. The van der Waals surface area contributed by atoms with Gasteiger partial charge in [0.2, 0.25) is 0 Å². The van der Waals surface area contributed by atoms with Gasteiger partial charge in [-0.05, 0) is 37.3 Å². The number of hydrogen-bond acceptors (Lipinski definition) is 2. The maximum Gasteiger partial charge on any atom is 0.337 e. The van der Waals surface area contributed by atoms with Crippen molar-refractivity contribution in [1.82, 2.24) is 0 Å². The van der Waals surface area contributed by atoms with Gasteiger partial charge in [0.05, 0.1) is 21.8 Å². The number of carbonyl (C=O) groups is 2. The van der Waals surface area contributed by atoms with Crippen LogP contribution < -0.4 is 5.32 Å². The third-order valence-electron chi connectivity index (χ3n) is 2.83. The van der Waals surface area contributed by atoms with Gasteiger partial charge in [0.15, 0.2) is 0 Å². The number of anilines is 1. The average molecular weight is 369 g/mol. The first-order valence-corrected chi connectivity index (χ1v) is 7.16. The Kier molecular flexibility index (Phi) is 4.65. The second-order valence-electron chi connectivity index (χ2n) is 4.43. The van der Waals surface area contributed by atoms with Crippen molar-refractivity contribution < 1.29 is 14.7 Å². The fraction of sp³-hybridized carbons (Fsp3) is 0.0667. The highest BCUT2D eigenvalue weighted by Crippen LogP contribution is 2.24. The summed E-state index contributed by atoms with van der Waals surface area (Å²) in [6, 6.07) is 9.64. The molecule has 0 saturated carbocycles. The van der Waals surface area contributed by atoms with Crippen LogP contribution in [0.3, 0.4) is 0 Å². The van der Waals surface area contributed by atoms with Gasteiger partial charge in [0, 0.05) is 4.47 Å².